The molecule has 0 radical (unpaired) electrons. The second kappa shape index (κ2) is 10.0. The van der Waals surface area contributed by atoms with E-state index in [4.69, 9.17) is 9.47 Å². The van der Waals surface area contributed by atoms with Crippen molar-refractivity contribution in [1.82, 2.24) is 0 Å². The predicted molar refractivity (Wildman–Crippen MR) is 102 cm³/mol. The number of unbranched alkanes of at least 4 members (excludes halogenated alkanes) is 1. The van der Waals surface area contributed by atoms with Crippen molar-refractivity contribution in [2.24, 2.45) is 0 Å². The van der Waals surface area contributed by atoms with Crippen LogP contribution in [0.2, 0.25) is 0 Å². The van der Waals surface area contributed by atoms with Gasteiger partial charge in [0.1, 0.15) is 11.3 Å². The van der Waals surface area contributed by atoms with E-state index in [1.807, 2.05) is 30.3 Å². The lowest BCUT2D eigenvalue weighted by molar-refractivity contribution is -0.111. The Labute approximate surface area is 153 Å². The summed E-state index contributed by atoms with van der Waals surface area (Å²) in [5.41, 5.74) is 1.82. The zero-order chi connectivity index (χ0) is 18.8. The van der Waals surface area contributed by atoms with E-state index in [1.165, 1.54) is 13.2 Å². The lowest BCUT2D eigenvalue weighted by atomic mass is 10.1. The molecule has 0 heterocycles. The van der Waals surface area contributed by atoms with E-state index in [-0.39, 0.29) is 5.91 Å². The van der Waals surface area contributed by atoms with Gasteiger partial charge in [0.05, 0.1) is 13.7 Å². The van der Waals surface area contributed by atoms with Gasteiger partial charge in [0.2, 0.25) is 5.91 Å². The third kappa shape index (κ3) is 5.77. The molecule has 0 bridgehead atoms. The molecule has 2 aromatic rings. The highest BCUT2D eigenvalue weighted by molar-refractivity contribution is 6.02. The van der Waals surface area contributed by atoms with Crippen LogP contribution in [-0.2, 0) is 9.53 Å². The van der Waals surface area contributed by atoms with E-state index in [2.05, 4.69) is 12.2 Å². The van der Waals surface area contributed by atoms with Crippen LogP contribution in [0.4, 0.5) is 5.69 Å². The van der Waals surface area contributed by atoms with Crippen LogP contribution in [0, 0.1) is 0 Å². The van der Waals surface area contributed by atoms with Crippen LogP contribution >= 0.6 is 0 Å². The fraction of sp³-hybridized carbons (Fsp3) is 0.238. The Hall–Kier alpha value is -3.08. The van der Waals surface area contributed by atoms with Gasteiger partial charge in [0.25, 0.3) is 0 Å². The highest BCUT2D eigenvalue weighted by Gasteiger charge is 2.14. The van der Waals surface area contributed by atoms with Gasteiger partial charge in [0, 0.05) is 17.8 Å². The summed E-state index contributed by atoms with van der Waals surface area (Å²) < 4.78 is 10.5. The minimum atomic E-state index is -0.474. The summed E-state index contributed by atoms with van der Waals surface area (Å²) in [6, 6.07) is 14.4. The van der Waals surface area contributed by atoms with E-state index in [1.54, 1.807) is 24.3 Å². The van der Waals surface area contributed by atoms with Crippen molar-refractivity contribution in [1.29, 1.82) is 0 Å². The summed E-state index contributed by atoms with van der Waals surface area (Å²) in [5.74, 6) is -0.340. The highest BCUT2D eigenvalue weighted by atomic mass is 16.5. The van der Waals surface area contributed by atoms with Crippen molar-refractivity contribution in [3.8, 4) is 5.75 Å². The second-order valence-electron chi connectivity index (χ2n) is 5.64. The van der Waals surface area contributed by atoms with E-state index < -0.39 is 5.97 Å². The van der Waals surface area contributed by atoms with Gasteiger partial charge in [-0.3, -0.25) is 4.79 Å². The van der Waals surface area contributed by atoms with Crippen LogP contribution in [0.15, 0.2) is 54.6 Å². The van der Waals surface area contributed by atoms with Crippen molar-refractivity contribution in [2.45, 2.75) is 19.8 Å². The van der Waals surface area contributed by atoms with Crippen LogP contribution in [0.3, 0.4) is 0 Å². The topological polar surface area (TPSA) is 64.6 Å². The molecule has 0 saturated heterocycles. The smallest absolute Gasteiger partial charge is 0.341 e. The normalized spacial score (nSPS) is 10.5. The van der Waals surface area contributed by atoms with Crippen LogP contribution < -0.4 is 10.1 Å². The Balaban J connectivity index is 2.10. The Bertz CT molecular complexity index is 769. The maximum atomic E-state index is 12.1. The maximum Gasteiger partial charge on any atom is 0.341 e. The third-order valence-corrected chi connectivity index (χ3v) is 3.64. The number of rotatable bonds is 8. The molecule has 0 saturated carbocycles. The van der Waals surface area contributed by atoms with Crippen LogP contribution in [0.25, 0.3) is 6.08 Å². The van der Waals surface area contributed by atoms with Gasteiger partial charge < -0.3 is 14.8 Å². The summed E-state index contributed by atoms with van der Waals surface area (Å²) in [6.07, 6.45) is 5.04. The summed E-state index contributed by atoms with van der Waals surface area (Å²) in [5, 5.41) is 2.77. The molecule has 0 atom stereocenters. The van der Waals surface area contributed by atoms with Gasteiger partial charge in [-0.1, -0.05) is 43.7 Å². The van der Waals surface area contributed by atoms with Crippen molar-refractivity contribution in [2.75, 3.05) is 19.0 Å². The van der Waals surface area contributed by atoms with Gasteiger partial charge in [-0.25, -0.2) is 4.79 Å². The first-order valence-electron chi connectivity index (χ1n) is 8.53. The number of nitrogens with one attached hydrogen (secondary N) is 1. The van der Waals surface area contributed by atoms with E-state index in [0.29, 0.717) is 23.6 Å². The molecule has 5 heteroatoms. The number of carbonyl (C=O) groups is 2. The van der Waals surface area contributed by atoms with Crippen molar-refractivity contribution >= 4 is 23.6 Å². The Kier molecular flexibility index (Phi) is 7.43. The lowest BCUT2D eigenvalue weighted by Gasteiger charge is -2.12. The number of hydrogen-bond donors (Lipinski definition) is 1. The van der Waals surface area contributed by atoms with Gasteiger partial charge in [-0.2, -0.15) is 0 Å². The van der Waals surface area contributed by atoms with Gasteiger partial charge in [-0.15, -0.1) is 0 Å². The van der Waals surface area contributed by atoms with Gasteiger partial charge in [0.15, 0.2) is 0 Å². The molecule has 0 aliphatic heterocycles. The predicted octanol–water partition coefficient (Wildman–Crippen LogP) is 4.30. The van der Waals surface area contributed by atoms with Crippen molar-refractivity contribution < 1.29 is 19.1 Å². The van der Waals surface area contributed by atoms with Gasteiger partial charge in [-0.05, 0) is 30.2 Å². The van der Waals surface area contributed by atoms with Crippen LogP contribution in [0.1, 0.15) is 35.7 Å². The molecule has 1 amide bonds. The number of hydrogen-bond acceptors (Lipinski definition) is 4. The molecular formula is C21H23NO4. The first-order chi connectivity index (χ1) is 12.6. The zero-order valence-electron chi connectivity index (χ0n) is 15.0. The molecule has 0 aliphatic carbocycles. The fourth-order valence-electron chi connectivity index (χ4n) is 2.24. The fourth-order valence-corrected chi connectivity index (χ4v) is 2.24. The second-order valence-corrected chi connectivity index (χ2v) is 5.64. The van der Waals surface area contributed by atoms with Crippen molar-refractivity contribution in [3.05, 3.63) is 65.7 Å². The number of benzene rings is 2. The largest absolute Gasteiger partial charge is 0.493 e. The minimum Gasteiger partial charge on any atom is -0.493 e. The maximum absolute atomic E-state index is 12.1. The van der Waals surface area contributed by atoms with Crippen LogP contribution in [0.5, 0.6) is 5.75 Å². The third-order valence-electron chi connectivity index (χ3n) is 3.64. The number of amides is 1. The number of methoxy groups -OCH3 is 1. The minimum absolute atomic E-state index is 0.265. The SMILES string of the molecule is CCCCOc1cc(NC(=O)/C=C/c2ccccc2)ccc1C(=O)OC. The number of anilines is 1. The lowest BCUT2D eigenvalue weighted by Crippen LogP contribution is -2.10. The molecule has 26 heavy (non-hydrogen) atoms. The molecule has 0 fully saturated rings. The average molecular weight is 353 g/mol. The van der Waals surface area contributed by atoms with E-state index >= 15 is 0 Å². The van der Waals surface area contributed by atoms with Crippen LogP contribution in [-0.4, -0.2) is 25.6 Å². The Morgan fingerprint density at radius 1 is 1.12 bits per heavy atom. The molecule has 0 spiro atoms. The first kappa shape index (κ1) is 19.2. The first-order valence-corrected chi connectivity index (χ1v) is 8.53. The zero-order valence-corrected chi connectivity index (χ0v) is 15.0. The molecule has 0 unspecified atom stereocenters. The summed E-state index contributed by atoms with van der Waals surface area (Å²) in [6.45, 7) is 2.55. The molecule has 5 nitrogen and oxygen atoms in total. The summed E-state index contributed by atoms with van der Waals surface area (Å²) >= 11 is 0. The molecular weight excluding hydrogens is 330 g/mol. The quantitative estimate of drug-likeness (QED) is 0.436. The van der Waals surface area contributed by atoms with Gasteiger partial charge >= 0.3 is 5.97 Å². The monoisotopic (exact) mass is 353 g/mol. The number of ether oxygens (including phenoxy) is 2. The number of carbonyl (C=O) groups excluding carboxylic acids is 2. The Morgan fingerprint density at radius 3 is 2.58 bits per heavy atom. The molecule has 2 rings (SSSR count). The summed E-state index contributed by atoms with van der Waals surface area (Å²) in [7, 11) is 1.32. The van der Waals surface area contributed by atoms with E-state index in [9.17, 15) is 9.59 Å². The summed E-state index contributed by atoms with van der Waals surface area (Å²) in [4.78, 5) is 24.0. The highest BCUT2D eigenvalue weighted by Crippen LogP contribution is 2.24. The molecule has 1 N–H and O–H groups in total. The molecule has 0 aliphatic rings. The number of esters is 1. The van der Waals surface area contributed by atoms with E-state index in [0.717, 1.165) is 18.4 Å². The average Bonchev–Trinajstić information content (AvgIpc) is 2.67. The molecule has 2 aromatic carbocycles. The standard InChI is InChI=1S/C21H23NO4/c1-3-4-14-26-19-15-17(11-12-18(19)21(24)25-2)22-20(23)13-10-16-8-6-5-7-9-16/h5-13,15H,3-4,14H2,1-2H3,(H,22,23)/b13-10+. The molecule has 0 aromatic heterocycles. The van der Waals surface area contributed by atoms with Crippen molar-refractivity contribution in [3.63, 3.8) is 0 Å². The molecule has 136 valence electrons. The Morgan fingerprint density at radius 2 is 1.88 bits per heavy atom.